The highest BCUT2D eigenvalue weighted by Crippen LogP contribution is 2.53. The second kappa shape index (κ2) is 10.8. The zero-order chi connectivity index (χ0) is 34.6. The van der Waals surface area contributed by atoms with Gasteiger partial charge in [-0.25, -0.2) is 0 Å². The van der Waals surface area contributed by atoms with Crippen molar-refractivity contribution in [1.82, 2.24) is 0 Å². The lowest BCUT2D eigenvalue weighted by Gasteiger charge is -2.25. The van der Waals surface area contributed by atoms with Gasteiger partial charge in [-0.3, -0.25) is 0 Å². The first-order valence-electron chi connectivity index (χ1n) is 18.2. The lowest BCUT2D eigenvalue weighted by Crippen LogP contribution is -2.16. The van der Waals surface area contributed by atoms with Crippen LogP contribution in [0.25, 0.3) is 98.8 Å². The summed E-state index contributed by atoms with van der Waals surface area (Å²) in [5, 5.41) is 9.88. The highest BCUT2D eigenvalue weighted by Gasteiger charge is 2.37. The van der Waals surface area contributed by atoms with Crippen molar-refractivity contribution in [3.05, 3.63) is 181 Å². The maximum absolute atomic E-state index is 6.22. The van der Waals surface area contributed by atoms with E-state index in [1.165, 1.54) is 88.0 Å². The number of benzene rings is 9. The predicted molar refractivity (Wildman–Crippen MR) is 220 cm³/mol. The van der Waals surface area contributed by atoms with Crippen LogP contribution in [0.4, 0.5) is 0 Å². The van der Waals surface area contributed by atoms with Crippen LogP contribution in [0, 0.1) is 0 Å². The van der Waals surface area contributed by atoms with Crippen LogP contribution in [-0.2, 0) is 5.41 Å². The molecule has 9 aromatic carbocycles. The first-order chi connectivity index (χ1) is 25.5. The van der Waals surface area contributed by atoms with Gasteiger partial charge < -0.3 is 4.42 Å². The number of hydrogen-bond donors (Lipinski definition) is 0. The van der Waals surface area contributed by atoms with Crippen LogP contribution in [0.1, 0.15) is 25.0 Å². The van der Waals surface area contributed by atoms with Gasteiger partial charge in [0.2, 0.25) is 0 Å². The molecule has 0 fully saturated rings. The molecule has 1 nitrogen and oxygen atoms in total. The van der Waals surface area contributed by atoms with Gasteiger partial charge in [0.05, 0.1) is 0 Å². The van der Waals surface area contributed by atoms with Crippen molar-refractivity contribution >= 4 is 54.3 Å². The van der Waals surface area contributed by atoms with Crippen molar-refractivity contribution in [1.29, 1.82) is 0 Å². The third-order valence-electron chi connectivity index (χ3n) is 11.6. The third-order valence-corrected chi connectivity index (χ3v) is 11.6. The minimum atomic E-state index is -0.135. The lowest BCUT2D eigenvalue weighted by atomic mass is 9.78. The van der Waals surface area contributed by atoms with Crippen LogP contribution in [0.5, 0.6) is 0 Å². The van der Waals surface area contributed by atoms with Gasteiger partial charge in [0.25, 0.3) is 0 Å². The SMILES string of the molecule is CC1(C)c2cc3ccccc3cc2-c2cccc(-c3cccc(-c4c5ccccc5c(-c5ccc6oc7ccccc7c6c5)c5ccccc45)c3)c21. The Hall–Kier alpha value is -6.44. The van der Waals surface area contributed by atoms with E-state index < -0.39 is 0 Å². The Bertz CT molecular complexity index is 3040. The molecule has 0 saturated carbocycles. The average molecular weight is 663 g/mol. The Labute approximate surface area is 302 Å². The van der Waals surface area contributed by atoms with E-state index in [-0.39, 0.29) is 5.41 Å². The van der Waals surface area contributed by atoms with Gasteiger partial charge in [-0.15, -0.1) is 0 Å². The summed E-state index contributed by atoms with van der Waals surface area (Å²) in [5.41, 5.74) is 14.7. The fourth-order valence-electron chi connectivity index (χ4n) is 9.28. The third kappa shape index (κ3) is 4.11. The van der Waals surface area contributed by atoms with Crippen molar-refractivity contribution in [2.45, 2.75) is 19.3 Å². The monoisotopic (exact) mass is 662 g/mol. The van der Waals surface area contributed by atoms with Crippen LogP contribution >= 0.6 is 0 Å². The highest BCUT2D eigenvalue weighted by molar-refractivity contribution is 6.22. The Morgan fingerprint density at radius 3 is 1.62 bits per heavy atom. The van der Waals surface area contributed by atoms with Gasteiger partial charge in [0.15, 0.2) is 0 Å². The fraction of sp³-hybridized carbons (Fsp3) is 0.0588. The van der Waals surface area contributed by atoms with Gasteiger partial charge in [-0.2, -0.15) is 0 Å². The largest absolute Gasteiger partial charge is 0.456 e. The molecule has 52 heavy (non-hydrogen) atoms. The van der Waals surface area contributed by atoms with E-state index in [0.717, 1.165) is 21.9 Å². The molecule has 1 heteroatoms. The van der Waals surface area contributed by atoms with Crippen LogP contribution in [-0.4, -0.2) is 0 Å². The molecule has 1 heterocycles. The van der Waals surface area contributed by atoms with Crippen LogP contribution in [0.3, 0.4) is 0 Å². The van der Waals surface area contributed by atoms with E-state index in [0.29, 0.717) is 0 Å². The Kier molecular flexibility index (Phi) is 6.08. The molecule has 0 N–H and O–H groups in total. The first kappa shape index (κ1) is 29.3. The van der Waals surface area contributed by atoms with Crippen LogP contribution in [0.15, 0.2) is 174 Å². The summed E-state index contributed by atoms with van der Waals surface area (Å²) in [4.78, 5) is 0. The van der Waals surface area contributed by atoms with Crippen LogP contribution in [0.2, 0.25) is 0 Å². The lowest BCUT2D eigenvalue weighted by molar-refractivity contribution is 0.663. The maximum Gasteiger partial charge on any atom is 0.135 e. The summed E-state index contributed by atoms with van der Waals surface area (Å²) in [7, 11) is 0. The van der Waals surface area contributed by atoms with Crippen LogP contribution < -0.4 is 0 Å². The molecule has 244 valence electrons. The molecule has 0 unspecified atom stereocenters. The Balaban J connectivity index is 1.13. The molecule has 11 rings (SSSR count). The van der Waals surface area contributed by atoms with Gasteiger partial charge in [-0.1, -0.05) is 147 Å². The standard InChI is InChI=1S/C51H34O/c1-51(2)45-30-32-14-4-3-13-31(32)28-43(45)42-23-12-22-36(50(42)51)33-15-11-16-34(27-33)48-38-18-5-7-20-40(38)49(41-21-8-6-19-39(41)48)35-25-26-47-44(29-35)37-17-9-10-24-46(37)52-47/h3-30H,1-2H3. The maximum atomic E-state index is 6.22. The molecule has 10 aromatic rings. The van der Waals surface area contributed by atoms with Gasteiger partial charge in [0.1, 0.15) is 11.2 Å². The fourth-order valence-corrected chi connectivity index (χ4v) is 9.28. The molecule has 0 atom stereocenters. The van der Waals surface area contributed by atoms with Crippen molar-refractivity contribution in [2.24, 2.45) is 0 Å². The van der Waals surface area contributed by atoms with Crippen molar-refractivity contribution in [3.8, 4) is 44.5 Å². The molecular formula is C51H34O. The van der Waals surface area contributed by atoms with Gasteiger partial charge in [-0.05, 0) is 124 Å². The number of rotatable bonds is 3. The van der Waals surface area contributed by atoms with E-state index in [9.17, 15) is 0 Å². The van der Waals surface area contributed by atoms with E-state index in [1.807, 2.05) is 12.1 Å². The van der Waals surface area contributed by atoms with Gasteiger partial charge >= 0.3 is 0 Å². The normalized spacial score (nSPS) is 13.3. The summed E-state index contributed by atoms with van der Waals surface area (Å²) in [6, 6.07) is 62.5. The quantitative estimate of drug-likeness (QED) is 0.172. The van der Waals surface area contributed by atoms with Crippen molar-refractivity contribution in [2.75, 3.05) is 0 Å². The zero-order valence-electron chi connectivity index (χ0n) is 29.1. The summed E-state index contributed by atoms with van der Waals surface area (Å²) < 4.78 is 6.22. The smallest absolute Gasteiger partial charge is 0.135 e. The molecule has 0 aliphatic heterocycles. The first-order valence-corrected chi connectivity index (χ1v) is 18.2. The molecular weight excluding hydrogens is 629 g/mol. The molecule has 0 amide bonds. The Morgan fingerprint density at radius 2 is 0.904 bits per heavy atom. The van der Waals surface area contributed by atoms with Gasteiger partial charge in [0, 0.05) is 16.2 Å². The second-order valence-electron chi connectivity index (χ2n) is 14.8. The van der Waals surface area contributed by atoms with E-state index in [2.05, 4.69) is 172 Å². The molecule has 0 radical (unpaired) electrons. The predicted octanol–water partition coefficient (Wildman–Crippen LogP) is 14.4. The highest BCUT2D eigenvalue weighted by atomic mass is 16.3. The molecule has 0 bridgehead atoms. The van der Waals surface area contributed by atoms with E-state index in [4.69, 9.17) is 4.42 Å². The van der Waals surface area contributed by atoms with Crippen molar-refractivity contribution in [3.63, 3.8) is 0 Å². The number of hydrogen-bond acceptors (Lipinski definition) is 1. The van der Waals surface area contributed by atoms with E-state index >= 15 is 0 Å². The minimum Gasteiger partial charge on any atom is -0.456 e. The molecule has 0 saturated heterocycles. The number of fused-ring (bicyclic) bond motifs is 9. The summed E-state index contributed by atoms with van der Waals surface area (Å²) in [5.74, 6) is 0. The minimum absolute atomic E-state index is 0.135. The topological polar surface area (TPSA) is 13.1 Å². The number of furan rings is 1. The zero-order valence-corrected chi connectivity index (χ0v) is 29.1. The molecule has 1 aromatic heterocycles. The molecule has 1 aliphatic carbocycles. The second-order valence-corrected chi connectivity index (χ2v) is 14.8. The van der Waals surface area contributed by atoms with Crippen molar-refractivity contribution < 1.29 is 4.42 Å². The van der Waals surface area contributed by atoms with E-state index in [1.54, 1.807) is 0 Å². The average Bonchev–Trinajstić information content (AvgIpc) is 3.67. The Morgan fingerprint density at radius 1 is 0.365 bits per heavy atom. The molecule has 1 aliphatic rings. The summed E-state index contributed by atoms with van der Waals surface area (Å²) in [6.45, 7) is 4.78. The molecule has 0 spiro atoms. The summed E-state index contributed by atoms with van der Waals surface area (Å²) in [6.07, 6.45) is 0. The number of para-hydroxylation sites is 1. The summed E-state index contributed by atoms with van der Waals surface area (Å²) >= 11 is 0.